The highest BCUT2D eigenvalue weighted by atomic mass is 16.5. The van der Waals surface area contributed by atoms with Crippen molar-refractivity contribution in [1.82, 2.24) is 0 Å². The summed E-state index contributed by atoms with van der Waals surface area (Å²) in [6.07, 6.45) is 3.38. The molecule has 2 rings (SSSR count). The number of rotatable bonds is 1. The molecule has 1 unspecified atom stereocenters. The lowest BCUT2D eigenvalue weighted by Crippen LogP contribution is -2.17. The number of hydrogen-bond acceptors (Lipinski definition) is 1. The Bertz CT molecular complexity index is 313. The molecule has 0 radical (unpaired) electrons. The molecule has 0 bridgehead atoms. The summed E-state index contributed by atoms with van der Waals surface area (Å²) in [5, 5.41) is 0. The van der Waals surface area contributed by atoms with Crippen LogP contribution in [0.2, 0.25) is 0 Å². The summed E-state index contributed by atoms with van der Waals surface area (Å²) < 4.78 is 5.41. The van der Waals surface area contributed by atoms with E-state index in [2.05, 4.69) is 43.3 Å². The van der Waals surface area contributed by atoms with Gasteiger partial charge in [0.1, 0.15) is 0 Å². The summed E-state index contributed by atoms with van der Waals surface area (Å²) in [5.41, 5.74) is 2.82. The highest BCUT2D eigenvalue weighted by Crippen LogP contribution is 2.22. The van der Waals surface area contributed by atoms with Gasteiger partial charge in [-0.3, -0.25) is 0 Å². The maximum Gasteiger partial charge on any atom is 0.0529 e. The predicted molar refractivity (Wildman–Crippen MR) is 59.0 cm³/mol. The molecule has 1 heteroatoms. The summed E-state index contributed by atoms with van der Waals surface area (Å²) >= 11 is 0. The standard InChI is InChI=1S/C13H16O/c1-11-10-14-8-7-13(11)9-12-5-3-2-4-6-12/h2-6,9,11H,7-8,10H2,1H3. The molecule has 0 amide bonds. The third-order valence-electron chi connectivity index (χ3n) is 2.69. The molecule has 1 nitrogen and oxygen atoms in total. The van der Waals surface area contributed by atoms with E-state index in [0.717, 1.165) is 19.6 Å². The van der Waals surface area contributed by atoms with Gasteiger partial charge < -0.3 is 4.74 Å². The van der Waals surface area contributed by atoms with E-state index in [1.165, 1.54) is 11.1 Å². The van der Waals surface area contributed by atoms with Gasteiger partial charge in [-0.1, -0.05) is 48.9 Å². The van der Waals surface area contributed by atoms with Crippen molar-refractivity contribution in [3.05, 3.63) is 41.5 Å². The van der Waals surface area contributed by atoms with Crippen molar-refractivity contribution < 1.29 is 4.74 Å². The minimum Gasteiger partial charge on any atom is -0.381 e. The van der Waals surface area contributed by atoms with Gasteiger partial charge in [-0.2, -0.15) is 0 Å². The van der Waals surface area contributed by atoms with Crippen molar-refractivity contribution in [1.29, 1.82) is 0 Å². The van der Waals surface area contributed by atoms with Gasteiger partial charge in [-0.25, -0.2) is 0 Å². The van der Waals surface area contributed by atoms with Crippen molar-refractivity contribution in [3.8, 4) is 0 Å². The lowest BCUT2D eigenvalue weighted by molar-refractivity contribution is 0.0907. The molecule has 1 fully saturated rings. The largest absolute Gasteiger partial charge is 0.381 e. The summed E-state index contributed by atoms with van der Waals surface area (Å²) in [6, 6.07) is 10.5. The lowest BCUT2D eigenvalue weighted by Gasteiger charge is -2.22. The Hall–Kier alpha value is -1.08. The van der Waals surface area contributed by atoms with E-state index in [4.69, 9.17) is 4.74 Å². The molecule has 14 heavy (non-hydrogen) atoms. The number of ether oxygens (including phenoxy) is 1. The van der Waals surface area contributed by atoms with E-state index >= 15 is 0 Å². The molecule has 1 aliphatic heterocycles. The Kier molecular flexibility index (Phi) is 3.00. The molecule has 1 aliphatic rings. The van der Waals surface area contributed by atoms with Crippen LogP contribution in [-0.4, -0.2) is 13.2 Å². The van der Waals surface area contributed by atoms with Crippen molar-refractivity contribution in [2.75, 3.05) is 13.2 Å². The van der Waals surface area contributed by atoms with Crippen molar-refractivity contribution in [3.63, 3.8) is 0 Å². The van der Waals surface area contributed by atoms with Gasteiger partial charge in [0.2, 0.25) is 0 Å². The Morgan fingerprint density at radius 1 is 1.29 bits per heavy atom. The van der Waals surface area contributed by atoms with E-state index in [9.17, 15) is 0 Å². The van der Waals surface area contributed by atoms with Crippen LogP contribution in [0.5, 0.6) is 0 Å². The van der Waals surface area contributed by atoms with Crippen molar-refractivity contribution in [2.45, 2.75) is 13.3 Å². The molecule has 1 aromatic carbocycles. The van der Waals surface area contributed by atoms with Gasteiger partial charge in [-0.05, 0) is 12.0 Å². The first-order valence-corrected chi connectivity index (χ1v) is 5.19. The predicted octanol–water partition coefficient (Wildman–Crippen LogP) is 3.13. The molecule has 1 aromatic rings. The van der Waals surface area contributed by atoms with Crippen molar-refractivity contribution in [2.24, 2.45) is 5.92 Å². The Morgan fingerprint density at radius 2 is 2.07 bits per heavy atom. The normalized spacial score (nSPS) is 25.2. The molecular formula is C13H16O. The second-order valence-corrected chi connectivity index (χ2v) is 3.86. The van der Waals surface area contributed by atoms with Gasteiger partial charge in [-0.15, -0.1) is 0 Å². The molecule has 74 valence electrons. The fraction of sp³-hybridized carbons (Fsp3) is 0.385. The van der Waals surface area contributed by atoms with Gasteiger partial charge in [0, 0.05) is 5.92 Å². The molecule has 0 saturated carbocycles. The second kappa shape index (κ2) is 4.43. The van der Waals surface area contributed by atoms with E-state index < -0.39 is 0 Å². The third kappa shape index (κ3) is 2.24. The van der Waals surface area contributed by atoms with Gasteiger partial charge >= 0.3 is 0 Å². The highest BCUT2D eigenvalue weighted by molar-refractivity contribution is 5.53. The van der Waals surface area contributed by atoms with Gasteiger partial charge in [0.25, 0.3) is 0 Å². The van der Waals surface area contributed by atoms with Crippen LogP contribution in [0, 0.1) is 5.92 Å². The van der Waals surface area contributed by atoms with Crippen LogP contribution < -0.4 is 0 Å². The highest BCUT2D eigenvalue weighted by Gasteiger charge is 2.13. The molecular weight excluding hydrogens is 172 g/mol. The minimum atomic E-state index is 0.573. The van der Waals surface area contributed by atoms with E-state index in [1.807, 2.05) is 0 Å². The van der Waals surface area contributed by atoms with Crippen LogP contribution in [0.15, 0.2) is 35.9 Å². The second-order valence-electron chi connectivity index (χ2n) is 3.86. The summed E-state index contributed by atoms with van der Waals surface area (Å²) in [4.78, 5) is 0. The zero-order valence-corrected chi connectivity index (χ0v) is 8.57. The van der Waals surface area contributed by atoms with Crippen LogP contribution in [-0.2, 0) is 4.74 Å². The smallest absolute Gasteiger partial charge is 0.0529 e. The summed E-state index contributed by atoms with van der Waals surface area (Å²) in [5.74, 6) is 0.573. The van der Waals surface area contributed by atoms with Crippen LogP contribution in [0.1, 0.15) is 18.9 Å². The fourth-order valence-corrected chi connectivity index (χ4v) is 1.78. The van der Waals surface area contributed by atoms with Crippen LogP contribution >= 0.6 is 0 Å². The first-order chi connectivity index (χ1) is 6.86. The first-order valence-electron chi connectivity index (χ1n) is 5.19. The third-order valence-corrected chi connectivity index (χ3v) is 2.69. The minimum absolute atomic E-state index is 0.573. The van der Waals surface area contributed by atoms with E-state index in [-0.39, 0.29) is 0 Å². The fourth-order valence-electron chi connectivity index (χ4n) is 1.78. The molecule has 1 atom stereocenters. The van der Waals surface area contributed by atoms with Gasteiger partial charge in [0.05, 0.1) is 13.2 Å². The van der Waals surface area contributed by atoms with Crippen molar-refractivity contribution >= 4 is 6.08 Å². The maximum absolute atomic E-state index is 5.41. The first kappa shape index (κ1) is 9.47. The summed E-state index contributed by atoms with van der Waals surface area (Å²) in [6.45, 7) is 3.98. The van der Waals surface area contributed by atoms with E-state index in [1.54, 1.807) is 0 Å². The molecule has 0 aromatic heterocycles. The zero-order chi connectivity index (χ0) is 9.80. The van der Waals surface area contributed by atoms with Crippen LogP contribution in [0.25, 0.3) is 6.08 Å². The topological polar surface area (TPSA) is 9.23 Å². The van der Waals surface area contributed by atoms with Gasteiger partial charge in [0.15, 0.2) is 0 Å². The van der Waals surface area contributed by atoms with E-state index in [0.29, 0.717) is 5.92 Å². The Labute approximate surface area is 85.4 Å². The SMILES string of the molecule is CC1COCCC1=Cc1ccccc1. The van der Waals surface area contributed by atoms with Crippen LogP contribution in [0.3, 0.4) is 0 Å². The number of benzene rings is 1. The Morgan fingerprint density at radius 3 is 2.79 bits per heavy atom. The lowest BCUT2D eigenvalue weighted by atomic mass is 9.95. The molecule has 1 heterocycles. The average Bonchev–Trinajstić information content (AvgIpc) is 2.23. The monoisotopic (exact) mass is 188 g/mol. The average molecular weight is 188 g/mol. The quantitative estimate of drug-likeness (QED) is 0.658. The molecule has 0 spiro atoms. The maximum atomic E-state index is 5.41. The zero-order valence-electron chi connectivity index (χ0n) is 8.57. The Balaban J connectivity index is 2.17. The molecule has 0 N–H and O–H groups in total. The molecule has 1 saturated heterocycles. The summed E-state index contributed by atoms with van der Waals surface area (Å²) in [7, 11) is 0. The van der Waals surface area contributed by atoms with Crippen LogP contribution in [0.4, 0.5) is 0 Å². The molecule has 0 aliphatic carbocycles. The number of hydrogen-bond donors (Lipinski definition) is 0.